The molecule has 0 saturated carbocycles. The minimum atomic E-state index is -0.974. The molecule has 4 aliphatic heterocycles. The van der Waals surface area contributed by atoms with E-state index in [9.17, 15) is 14.4 Å². The minimum absolute atomic E-state index is 0.0281. The summed E-state index contributed by atoms with van der Waals surface area (Å²) in [5.74, 6) is -0.167. The van der Waals surface area contributed by atoms with Gasteiger partial charge in [0.2, 0.25) is 0 Å². The lowest BCUT2D eigenvalue weighted by atomic mass is 10.00. The number of likely N-dealkylation sites (N-methyl/N-ethyl adjacent to an activating group) is 1. The van der Waals surface area contributed by atoms with E-state index < -0.39 is 12.2 Å². The van der Waals surface area contributed by atoms with Gasteiger partial charge in [-0.3, -0.25) is 9.69 Å². The number of nitrogens with one attached hydrogen (secondary N) is 1. The van der Waals surface area contributed by atoms with Crippen molar-refractivity contribution < 1.29 is 19.1 Å². The van der Waals surface area contributed by atoms with Gasteiger partial charge in [0, 0.05) is 68.7 Å². The third-order valence-corrected chi connectivity index (χ3v) is 11.2. The van der Waals surface area contributed by atoms with Gasteiger partial charge in [-0.25, -0.2) is 9.59 Å². The lowest BCUT2D eigenvalue weighted by molar-refractivity contribution is -0.142. The van der Waals surface area contributed by atoms with Crippen LogP contribution in [0.4, 0.5) is 21.0 Å². The Hall–Kier alpha value is -3.06. The highest BCUT2D eigenvalue weighted by Crippen LogP contribution is 2.31. The monoisotopic (exact) mass is 671 g/mol. The number of rotatable bonds is 6. The summed E-state index contributed by atoms with van der Waals surface area (Å²) in [4.78, 5) is 50.7. The molecule has 250 valence electrons. The van der Waals surface area contributed by atoms with Crippen LogP contribution in [-0.2, 0) is 22.5 Å². The average molecular weight is 672 g/mol. The van der Waals surface area contributed by atoms with Gasteiger partial charge in [-0.05, 0) is 81.7 Å². The first kappa shape index (κ1) is 32.9. The molecule has 2 aromatic rings. The first-order valence-corrected chi connectivity index (χ1v) is 17.8. The van der Waals surface area contributed by atoms with Crippen LogP contribution >= 0.6 is 22.9 Å². The molecule has 4 amide bonds. The summed E-state index contributed by atoms with van der Waals surface area (Å²) in [6.45, 7) is 8.98. The van der Waals surface area contributed by atoms with Gasteiger partial charge in [-0.15, -0.1) is 11.3 Å². The number of likely N-dealkylation sites (tertiary alicyclic amines) is 2. The molecule has 3 N–H and O–H groups in total. The predicted octanol–water partition coefficient (Wildman–Crippen LogP) is 4.48. The summed E-state index contributed by atoms with van der Waals surface area (Å²) in [7, 11) is 2.18. The molecule has 0 unspecified atom stereocenters. The largest absolute Gasteiger partial charge is 0.436 e. The number of nitrogens with zero attached hydrogens (tertiary/aromatic N) is 5. The summed E-state index contributed by atoms with van der Waals surface area (Å²) >= 11 is 7.98. The van der Waals surface area contributed by atoms with Gasteiger partial charge < -0.3 is 35.4 Å². The highest BCUT2D eigenvalue weighted by Gasteiger charge is 2.37. The van der Waals surface area contributed by atoms with Crippen molar-refractivity contribution in [2.45, 2.75) is 70.2 Å². The third-order valence-electron chi connectivity index (χ3n) is 10.1. The molecular formula is C33H46ClN7O4S. The Morgan fingerprint density at radius 3 is 2.46 bits per heavy atom. The van der Waals surface area contributed by atoms with Crippen LogP contribution in [0.2, 0.25) is 5.02 Å². The molecule has 46 heavy (non-hydrogen) atoms. The molecule has 0 bridgehead atoms. The molecule has 11 nitrogen and oxygen atoms in total. The molecule has 0 radical (unpaired) electrons. The second-order valence-corrected chi connectivity index (χ2v) is 14.4. The number of halogens is 1. The Balaban J connectivity index is 1.09. The maximum absolute atomic E-state index is 14.0. The van der Waals surface area contributed by atoms with Gasteiger partial charge in [-0.2, -0.15) is 0 Å². The number of piperidine rings is 2. The van der Waals surface area contributed by atoms with Crippen molar-refractivity contribution >= 4 is 52.3 Å². The Morgan fingerprint density at radius 2 is 1.72 bits per heavy atom. The Labute approximate surface area is 280 Å². The number of nitrogens with two attached hydrogens (primary N) is 1. The lowest BCUT2D eigenvalue weighted by Gasteiger charge is -2.40. The first-order valence-electron chi connectivity index (χ1n) is 16.5. The number of carbonyl (C=O) groups excluding carboxylic acids is 3. The molecule has 0 spiro atoms. The average Bonchev–Trinajstić information content (AvgIpc) is 3.40. The Kier molecular flexibility index (Phi) is 10.3. The molecule has 1 aromatic carbocycles. The van der Waals surface area contributed by atoms with E-state index in [0.717, 1.165) is 67.8 Å². The SMILES string of the molecule is Cc1cc(C[C@@H](OC(=O)N2CCC(N3Cc4cscc4NC3=O)CC2)C(=O)N2CCC(N3CCCN(C)CC3)CC2)cc(Cl)c1N. The normalized spacial score (nSPS) is 21.5. The number of benzene rings is 1. The zero-order chi connectivity index (χ0) is 32.4. The molecular weight excluding hydrogens is 626 g/mol. The van der Waals surface area contributed by atoms with E-state index in [-0.39, 0.29) is 24.4 Å². The van der Waals surface area contributed by atoms with Crippen molar-refractivity contribution in [2.75, 3.05) is 70.5 Å². The van der Waals surface area contributed by atoms with Gasteiger partial charge >= 0.3 is 12.1 Å². The summed E-state index contributed by atoms with van der Waals surface area (Å²) in [5, 5.41) is 7.43. The maximum Gasteiger partial charge on any atom is 0.410 e. The molecule has 1 aromatic heterocycles. The van der Waals surface area contributed by atoms with Crippen molar-refractivity contribution in [2.24, 2.45) is 0 Å². The van der Waals surface area contributed by atoms with Crippen molar-refractivity contribution in [1.29, 1.82) is 0 Å². The number of amides is 4. The summed E-state index contributed by atoms with van der Waals surface area (Å²) in [5.41, 5.74) is 10.2. The number of hydrogen-bond donors (Lipinski definition) is 2. The van der Waals surface area contributed by atoms with Gasteiger partial charge in [-0.1, -0.05) is 17.7 Å². The van der Waals surface area contributed by atoms with E-state index in [1.807, 2.05) is 28.2 Å². The zero-order valence-electron chi connectivity index (χ0n) is 26.9. The lowest BCUT2D eigenvalue weighted by Crippen LogP contribution is -2.53. The number of fused-ring (bicyclic) bond motifs is 1. The second kappa shape index (κ2) is 14.4. The maximum atomic E-state index is 14.0. The van der Waals surface area contributed by atoms with Crippen LogP contribution in [0.3, 0.4) is 0 Å². The van der Waals surface area contributed by atoms with Crippen LogP contribution < -0.4 is 11.1 Å². The highest BCUT2D eigenvalue weighted by atomic mass is 35.5. The van der Waals surface area contributed by atoms with Gasteiger partial charge in [0.25, 0.3) is 5.91 Å². The molecule has 13 heteroatoms. The second-order valence-electron chi connectivity index (χ2n) is 13.2. The Bertz CT molecular complexity index is 1400. The number of ether oxygens (including phenoxy) is 1. The van der Waals surface area contributed by atoms with Crippen LogP contribution in [0.1, 0.15) is 48.8 Å². The van der Waals surface area contributed by atoms with Crippen molar-refractivity contribution in [3.8, 4) is 0 Å². The molecule has 0 aliphatic carbocycles. The number of aryl methyl sites for hydroxylation is 1. The number of anilines is 2. The van der Waals surface area contributed by atoms with E-state index >= 15 is 0 Å². The van der Waals surface area contributed by atoms with Gasteiger partial charge in [0.15, 0.2) is 6.10 Å². The smallest absolute Gasteiger partial charge is 0.410 e. The van der Waals surface area contributed by atoms with Crippen LogP contribution in [0.5, 0.6) is 0 Å². The molecule has 3 saturated heterocycles. The highest BCUT2D eigenvalue weighted by molar-refractivity contribution is 7.08. The van der Waals surface area contributed by atoms with Crippen molar-refractivity contribution in [3.05, 3.63) is 44.6 Å². The van der Waals surface area contributed by atoms with Crippen molar-refractivity contribution in [3.63, 3.8) is 0 Å². The fraction of sp³-hybridized carbons (Fsp3) is 0.606. The van der Waals surface area contributed by atoms with Crippen LogP contribution in [0.15, 0.2) is 22.9 Å². The van der Waals surface area contributed by atoms with E-state index in [1.54, 1.807) is 22.3 Å². The molecule has 1 atom stereocenters. The van der Waals surface area contributed by atoms with Gasteiger partial charge in [0.1, 0.15) is 0 Å². The van der Waals surface area contributed by atoms with Crippen LogP contribution in [-0.4, -0.2) is 120 Å². The number of thiophene rings is 1. The fourth-order valence-corrected chi connectivity index (χ4v) is 8.34. The molecule has 6 rings (SSSR count). The van der Waals surface area contributed by atoms with E-state index in [2.05, 4.69) is 27.5 Å². The number of carbonyl (C=O) groups is 3. The number of urea groups is 1. The van der Waals surface area contributed by atoms with E-state index in [1.165, 1.54) is 0 Å². The quantitative estimate of drug-likeness (QED) is 0.436. The summed E-state index contributed by atoms with van der Waals surface area (Å²) in [6, 6.07) is 4.06. The first-order chi connectivity index (χ1) is 22.2. The molecule has 3 fully saturated rings. The van der Waals surface area contributed by atoms with E-state index in [0.29, 0.717) is 62.3 Å². The molecule has 5 heterocycles. The number of hydrogen-bond acceptors (Lipinski definition) is 8. The van der Waals surface area contributed by atoms with E-state index in [4.69, 9.17) is 22.1 Å². The topological polar surface area (TPSA) is 115 Å². The third kappa shape index (κ3) is 7.40. The van der Waals surface area contributed by atoms with Crippen LogP contribution in [0, 0.1) is 6.92 Å². The van der Waals surface area contributed by atoms with Crippen LogP contribution in [0.25, 0.3) is 0 Å². The summed E-state index contributed by atoms with van der Waals surface area (Å²) < 4.78 is 6.04. The predicted molar refractivity (Wildman–Crippen MR) is 181 cm³/mol. The summed E-state index contributed by atoms with van der Waals surface area (Å²) in [6.07, 6.45) is 3.02. The Morgan fingerprint density at radius 1 is 1.00 bits per heavy atom. The standard InChI is InChI=1S/C33H46ClN7O4S/c1-22-16-23(17-27(34)30(22)35)18-29(31(42)39-10-4-25(5-11-39)38-9-3-8-37(2)14-15-38)45-33(44)40-12-6-26(7-13-40)41-19-24-20-46-21-28(24)36-32(41)43/h16-17,20-21,25-26,29H,3-15,18-19,35H2,1-2H3,(H,36,43)/t29-/m1/s1. The minimum Gasteiger partial charge on any atom is -0.436 e. The van der Waals surface area contributed by atoms with Gasteiger partial charge in [0.05, 0.1) is 22.9 Å². The fourth-order valence-electron chi connectivity index (χ4n) is 7.27. The number of nitrogen functional groups attached to an aromatic ring is 1. The van der Waals surface area contributed by atoms with Crippen molar-refractivity contribution in [1.82, 2.24) is 24.5 Å². The zero-order valence-corrected chi connectivity index (χ0v) is 28.5. The molecule has 4 aliphatic rings.